The van der Waals surface area contributed by atoms with Crippen LogP contribution in [0.4, 0.5) is 5.69 Å². The van der Waals surface area contributed by atoms with E-state index in [0.717, 1.165) is 27.8 Å². The van der Waals surface area contributed by atoms with E-state index >= 15 is 0 Å². The van der Waals surface area contributed by atoms with Crippen molar-refractivity contribution in [2.24, 2.45) is 0 Å². The fourth-order valence-electron chi connectivity index (χ4n) is 2.02. The van der Waals surface area contributed by atoms with Gasteiger partial charge in [0.25, 0.3) is 0 Å². The molecule has 0 aliphatic rings. The Labute approximate surface area is 134 Å². The van der Waals surface area contributed by atoms with Crippen LogP contribution >= 0.6 is 15.9 Å². The monoisotopic (exact) mass is 343 g/mol. The molecule has 0 amide bonds. The molecule has 0 saturated carbocycles. The van der Waals surface area contributed by atoms with Crippen LogP contribution in [0.3, 0.4) is 0 Å². The lowest BCUT2D eigenvalue weighted by Gasteiger charge is -2.21. The molecule has 21 heavy (non-hydrogen) atoms. The van der Waals surface area contributed by atoms with Gasteiger partial charge >= 0.3 is 0 Å². The second kappa shape index (κ2) is 7.87. The van der Waals surface area contributed by atoms with Crippen LogP contribution in [0.1, 0.15) is 18.1 Å². The highest BCUT2D eigenvalue weighted by atomic mass is 79.9. The molecule has 0 spiro atoms. The summed E-state index contributed by atoms with van der Waals surface area (Å²) in [5, 5.41) is 9.05. The van der Waals surface area contributed by atoms with Crippen LogP contribution in [0.15, 0.2) is 53.0 Å². The lowest BCUT2D eigenvalue weighted by Crippen LogP contribution is -2.25. The van der Waals surface area contributed by atoms with E-state index in [0.29, 0.717) is 6.54 Å². The Morgan fingerprint density at radius 2 is 1.48 bits per heavy atom. The maximum Gasteiger partial charge on any atom is 0.0606 e. The highest BCUT2D eigenvalue weighted by Gasteiger charge is 2.02. The fourth-order valence-corrected chi connectivity index (χ4v) is 2.29. The van der Waals surface area contributed by atoms with Crippen molar-refractivity contribution in [1.82, 2.24) is 0 Å². The van der Waals surface area contributed by atoms with E-state index in [1.54, 1.807) is 0 Å². The maximum atomic E-state index is 9.05. The Morgan fingerprint density at radius 3 is 1.95 bits per heavy atom. The number of benzene rings is 2. The SMILES string of the molecule is CCN(CCO)c1ccc(C#Cc2ccc(Br)cc2)cc1. The molecule has 2 rings (SSSR count). The number of hydrogen-bond acceptors (Lipinski definition) is 2. The summed E-state index contributed by atoms with van der Waals surface area (Å²) in [6.07, 6.45) is 0. The number of hydrogen-bond donors (Lipinski definition) is 1. The van der Waals surface area contributed by atoms with Gasteiger partial charge in [-0.05, 0) is 55.5 Å². The minimum absolute atomic E-state index is 0.166. The van der Waals surface area contributed by atoms with Crippen molar-refractivity contribution in [3.63, 3.8) is 0 Å². The van der Waals surface area contributed by atoms with E-state index in [1.165, 1.54) is 0 Å². The summed E-state index contributed by atoms with van der Waals surface area (Å²) in [6.45, 7) is 3.78. The second-order valence-corrected chi connectivity index (χ2v) is 5.52. The van der Waals surface area contributed by atoms with Gasteiger partial charge < -0.3 is 10.0 Å². The predicted molar refractivity (Wildman–Crippen MR) is 91.5 cm³/mol. The molecule has 0 aromatic heterocycles. The minimum Gasteiger partial charge on any atom is -0.395 e. The maximum absolute atomic E-state index is 9.05. The van der Waals surface area contributed by atoms with Crippen molar-refractivity contribution in [3.8, 4) is 11.8 Å². The zero-order chi connectivity index (χ0) is 15.1. The Balaban J connectivity index is 2.11. The van der Waals surface area contributed by atoms with E-state index in [-0.39, 0.29) is 6.61 Å². The lowest BCUT2D eigenvalue weighted by atomic mass is 10.1. The van der Waals surface area contributed by atoms with Gasteiger partial charge in [0.1, 0.15) is 0 Å². The smallest absolute Gasteiger partial charge is 0.0606 e. The molecule has 0 aliphatic heterocycles. The van der Waals surface area contributed by atoms with Crippen molar-refractivity contribution < 1.29 is 5.11 Å². The summed E-state index contributed by atoms with van der Waals surface area (Å²) in [5.41, 5.74) is 3.10. The van der Waals surface area contributed by atoms with E-state index in [4.69, 9.17) is 5.11 Å². The van der Waals surface area contributed by atoms with Gasteiger partial charge in [-0.3, -0.25) is 0 Å². The summed E-state index contributed by atoms with van der Waals surface area (Å²) in [6, 6.07) is 16.1. The average molecular weight is 344 g/mol. The van der Waals surface area contributed by atoms with E-state index in [1.807, 2.05) is 48.5 Å². The Kier molecular flexibility index (Phi) is 5.86. The molecule has 0 unspecified atom stereocenters. The van der Waals surface area contributed by atoms with Gasteiger partial charge in [-0.25, -0.2) is 0 Å². The molecule has 0 heterocycles. The van der Waals surface area contributed by atoms with E-state index < -0.39 is 0 Å². The van der Waals surface area contributed by atoms with Crippen molar-refractivity contribution in [1.29, 1.82) is 0 Å². The first-order chi connectivity index (χ1) is 10.2. The summed E-state index contributed by atoms with van der Waals surface area (Å²) < 4.78 is 1.06. The van der Waals surface area contributed by atoms with Gasteiger partial charge in [0.05, 0.1) is 6.61 Å². The first-order valence-electron chi connectivity index (χ1n) is 6.96. The standard InChI is InChI=1S/C18H18BrNO/c1-2-20(13-14-21)18-11-7-16(8-12-18)4-3-15-5-9-17(19)10-6-15/h5-12,21H,2,13-14H2,1H3. The van der Waals surface area contributed by atoms with Crippen LogP contribution in [0.2, 0.25) is 0 Å². The molecular weight excluding hydrogens is 326 g/mol. The molecule has 0 fully saturated rings. The summed E-state index contributed by atoms with van der Waals surface area (Å²) in [5.74, 6) is 6.31. The number of aliphatic hydroxyl groups is 1. The molecule has 3 heteroatoms. The minimum atomic E-state index is 0.166. The van der Waals surface area contributed by atoms with E-state index in [2.05, 4.69) is 39.6 Å². The normalized spacial score (nSPS) is 9.86. The predicted octanol–water partition coefficient (Wildman–Crippen LogP) is 3.67. The van der Waals surface area contributed by atoms with Gasteiger partial charge in [0, 0.05) is 34.4 Å². The molecular formula is C18H18BrNO. The molecule has 0 saturated heterocycles. The van der Waals surface area contributed by atoms with Crippen LogP contribution in [-0.2, 0) is 0 Å². The van der Waals surface area contributed by atoms with Crippen molar-refractivity contribution >= 4 is 21.6 Å². The molecule has 0 bridgehead atoms. The van der Waals surface area contributed by atoms with Crippen molar-refractivity contribution in [2.75, 3.05) is 24.6 Å². The first-order valence-corrected chi connectivity index (χ1v) is 7.75. The zero-order valence-electron chi connectivity index (χ0n) is 12.0. The van der Waals surface area contributed by atoms with Gasteiger partial charge in [0.15, 0.2) is 0 Å². The Bertz CT molecular complexity index is 623. The number of nitrogens with zero attached hydrogens (tertiary/aromatic N) is 1. The largest absolute Gasteiger partial charge is 0.395 e. The summed E-state index contributed by atoms with van der Waals surface area (Å²) in [7, 11) is 0. The average Bonchev–Trinajstić information content (AvgIpc) is 2.53. The molecule has 2 aromatic carbocycles. The molecule has 1 N–H and O–H groups in total. The fraction of sp³-hybridized carbons (Fsp3) is 0.222. The van der Waals surface area contributed by atoms with Crippen LogP contribution < -0.4 is 4.90 Å². The topological polar surface area (TPSA) is 23.5 Å². The molecule has 2 nitrogen and oxygen atoms in total. The van der Waals surface area contributed by atoms with Gasteiger partial charge in [-0.2, -0.15) is 0 Å². The number of anilines is 1. The van der Waals surface area contributed by atoms with Crippen LogP contribution in [0.25, 0.3) is 0 Å². The van der Waals surface area contributed by atoms with Gasteiger partial charge in [0.2, 0.25) is 0 Å². The van der Waals surface area contributed by atoms with Crippen molar-refractivity contribution in [3.05, 3.63) is 64.1 Å². The Morgan fingerprint density at radius 1 is 0.952 bits per heavy atom. The Hall–Kier alpha value is -1.76. The third-order valence-corrected chi connectivity index (χ3v) is 3.71. The van der Waals surface area contributed by atoms with E-state index in [9.17, 15) is 0 Å². The quantitative estimate of drug-likeness (QED) is 0.856. The van der Waals surface area contributed by atoms with Crippen molar-refractivity contribution in [2.45, 2.75) is 6.92 Å². The third kappa shape index (κ3) is 4.63. The van der Waals surface area contributed by atoms with Crippen LogP contribution in [-0.4, -0.2) is 24.8 Å². The number of aliphatic hydroxyl groups excluding tert-OH is 1. The summed E-state index contributed by atoms with van der Waals surface area (Å²) >= 11 is 3.41. The first kappa shape index (κ1) is 15.6. The van der Waals surface area contributed by atoms with Crippen LogP contribution in [0, 0.1) is 11.8 Å². The van der Waals surface area contributed by atoms with Gasteiger partial charge in [-0.1, -0.05) is 27.8 Å². The second-order valence-electron chi connectivity index (χ2n) is 4.61. The lowest BCUT2D eigenvalue weighted by molar-refractivity contribution is 0.302. The molecule has 2 aromatic rings. The zero-order valence-corrected chi connectivity index (χ0v) is 13.6. The molecule has 0 aliphatic carbocycles. The van der Waals surface area contributed by atoms with Gasteiger partial charge in [-0.15, -0.1) is 0 Å². The summed E-state index contributed by atoms with van der Waals surface area (Å²) in [4.78, 5) is 2.13. The number of halogens is 1. The molecule has 0 atom stereocenters. The number of likely N-dealkylation sites (N-methyl/N-ethyl adjacent to an activating group) is 1. The van der Waals surface area contributed by atoms with Crippen LogP contribution in [0.5, 0.6) is 0 Å². The molecule has 0 radical (unpaired) electrons. The number of rotatable bonds is 4. The highest BCUT2D eigenvalue weighted by Crippen LogP contribution is 2.15. The highest BCUT2D eigenvalue weighted by molar-refractivity contribution is 9.10. The third-order valence-electron chi connectivity index (χ3n) is 3.18. The molecule has 108 valence electrons.